The Morgan fingerprint density at radius 1 is 1.28 bits per heavy atom. The van der Waals surface area contributed by atoms with Gasteiger partial charge in [0, 0.05) is 39.6 Å². The van der Waals surface area contributed by atoms with Gasteiger partial charge in [0.15, 0.2) is 0 Å². The van der Waals surface area contributed by atoms with Crippen LogP contribution in [0, 0.1) is 17.0 Å². The molecule has 0 spiro atoms. The number of aromatic nitrogens is 4. The van der Waals surface area contributed by atoms with Crippen LogP contribution in [0.4, 0.5) is 11.8 Å². The van der Waals surface area contributed by atoms with Crippen molar-refractivity contribution in [3.05, 3.63) is 46.4 Å². The van der Waals surface area contributed by atoms with Crippen molar-refractivity contribution in [3.63, 3.8) is 0 Å². The molecule has 0 saturated carbocycles. The molecule has 3 rings (SSSR count). The number of hydrogen-bond acceptors (Lipinski definition) is 6. The first-order chi connectivity index (χ1) is 14.0. The fraction of sp³-hybridized carbons (Fsp3) is 0.421. The molecule has 0 atom stereocenters. The molecule has 0 saturated heterocycles. The summed E-state index contributed by atoms with van der Waals surface area (Å²) in [6.07, 6.45) is 2.29. The van der Waals surface area contributed by atoms with Crippen LogP contribution >= 0.6 is 0 Å². The largest absolute Gasteiger partial charge is 0.382 e. The lowest BCUT2D eigenvalue weighted by Crippen LogP contribution is -2.18. The maximum Gasteiger partial charge on any atom is 0.381 e. The van der Waals surface area contributed by atoms with Crippen LogP contribution in [0.2, 0.25) is 0 Å². The number of carbonyl (C=O) groups excluding carboxylic acids is 1. The number of nitrogens with one attached hydrogen (secondary N) is 1. The first-order valence-electron chi connectivity index (χ1n) is 9.50. The van der Waals surface area contributed by atoms with E-state index in [1.165, 1.54) is 6.20 Å². The highest BCUT2D eigenvalue weighted by atomic mass is 16.6. The standard InChI is InChI=1S/C19H24N6O4/c1-3-29-12-6-10-24-16-8-5-4-7-15(16)21-19(24)22-18(26)9-11-23-13-17(25(27)28)20-14(23)2/h4-5,7-8,13H,3,6,9-12H2,1-2H3,(H,21,22,26). The number of anilines is 1. The molecule has 0 radical (unpaired) electrons. The van der Waals surface area contributed by atoms with Crippen molar-refractivity contribution in [2.24, 2.45) is 0 Å². The number of para-hydroxylation sites is 2. The third-order valence-electron chi connectivity index (χ3n) is 4.51. The fourth-order valence-electron chi connectivity index (χ4n) is 3.08. The molecule has 0 aliphatic rings. The zero-order valence-electron chi connectivity index (χ0n) is 16.5. The number of fused-ring (bicyclic) bond motifs is 1. The molecular weight excluding hydrogens is 376 g/mol. The summed E-state index contributed by atoms with van der Waals surface area (Å²) in [5.41, 5.74) is 1.75. The summed E-state index contributed by atoms with van der Waals surface area (Å²) in [6.45, 7) is 5.89. The number of ether oxygens (including phenoxy) is 1. The van der Waals surface area contributed by atoms with Crippen molar-refractivity contribution in [2.75, 3.05) is 18.5 Å². The molecule has 1 aromatic carbocycles. The molecule has 154 valence electrons. The van der Waals surface area contributed by atoms with Crippen LogP contribution in [0.5, 0.6) is 0 Å². The van der Waals surface area contributed by atoms with Crippen LogP contribution in [0.15, 0.2) is 30.5 Å². The number of aryl methyl sites for hydroxylation is 3. The molecule has 10 nitrogen and oxygen atoms in total. The van der Waals surface area contributed by atoms with Crippen LogP contribution in [-0.4, -0.2) is 43.1 Å². The quantitative estimate of drug-likeness (QED) is 0.318. The highest BCUT2D eigenvalue weighted by molar-refractivity contribution is 5.91. The lowest BCUT2D eigenvalue weighted by molar-refractivity contribution is -0.389. The second-order valence-electron chi connectivity index (χ2n) is 6.52. The second-order valence-corrected chi connectivity index (χ2v) is 6.52. The van der Waals surface area contributed by atoms with Gasteiger partial charge in [-0.15, -0.1) is 0 Å². The monoisotopic (exact) mass is 400 g/mol. The predicted octanol–water partition coefficient (Wildman–Crippen LogP) is 2.90. The molecule has 0 fully saturated rings. The maximum atomic E-state index is 12.5. The summed E-state index contributed by atoms with van der Waals surface area (Å²) in [5.74, 6) is 0.537. The molecule has 0 bridgehead atoms. The third kappa shape index (κ3) is 4.96. The van der Waals surface area contributed by atoms with E-state index in [0.717, 1.165) is 17.5 Å². The van der Waals surface area contributed by atoms with E-state index in [4.69, 9.17) is 4.74 Å². The SMILES string of the molecule is CCOCCCn1c(NC(=O)CCn2cc([N+](=O)[O-])nc2C)nc2ccccc21. The van der Waals surface area contributed by atoms with E-state index >= 15 is 0 Å². The number of benzene rings is 1. The van der Waals surface area contributed by atoms with Crippen LogP contribution < -0.4 is 5.32 Å². The van der Waals surface area contributed by atoms with Crippen molar-refractivity contribution in [2.45, 2.75) is 39.8 Å². The van der Waals surface area contributed by atoms with E-state index in [-0.39, 0.29) is 18.1 Å². The van der Waals surface area contributed by atoms with Crippen LogP contribution in [0.3, 0.4) is 0 Å². The first kappa shape index (κ1) is 20.5. The van der Waals surface area contributed by atoms with Gasteiger partial charge in [-0.05, 0) is 35.4 Å². The Morgan fingerprint density at radius 2 is 2.07 bits per heavy atom. The summed E-state index contributed by atoms with van der Waals surface area (Å²) in [7, 11) is 0. The van der Waals surface area contributed by atoms with Crippen molar-refractivity contribution >= 4 is 28.7 Å². The van der Waals surface area contributed by atoms with Crippen molar-refractivity contribution in [1.82, 2.24) is 19.1 Å². The van der Waals surface area contributed by atoms with E-state index in [9.17, 15) is 14.9 Å². The molecule has 29 heavy (non-hydrogen) atoms. The van der Waals surface area contributed by atoms with Gasteiger partial charge >= 0.3 is 5.82 Å². The van der Waals surface area contributed by atoms with E-state index in [0.29, 0.717) is 38.1 Å². The summed E-state index contributed by atoms with van der Waals surface area (Å²) in [5, 5.41) is 13.7. The summed E-state index contributed by atoms with van der Waals surface area (Å²) in [6, 6.07) is 7.70. The van der Waals surface area contributed by atoms with Gasteiger partial charge in [-0.2, -0.15) is 0 Å². The lowest BCUT2D eigenvalue weighted by atomic mass is 10.3. The Hall–Kier alpha value is -3.27. The molecule has 3 aromatic rings. The van der Waals surface area contributed by atoms with Crippen LogP contribution in [-0.2, 0) is 22.6 Å². The molecular formula is C19H24N6O4. The second kappa shape index (κ2) is 9.28. The zero-order chi connectivity index (χ0) is 20.8. The summed E-state index contributed by atoms with van der Waals surface area (Å²) in [4.78, 5) is 31.2. The first-order valence-corrected chi connectivity index (χ1v) is 9.50. The number of nitrogens with zero attached hydrogens (tertiary/aromatic N) is 5. The van der Waals surface area contributed by atoms with Gasteiger partial charge in [0.1, 0.15) is 6.20 Å². The Balaban J connectivity index is 1.68. The van der Waals surface area contributed by atoms with Crippen LogP contribution in [0.1, 0.15) is 25.6 Å². The number of carbonyl (C=O) groups is 1. The zero-order valence-corrected chi connectivity index (χ0v) is 16.5. The van der Waals surface area contributed by atoms with Crippen molar-refractivity contribution in [3.8, 4) is 0 Å². The van der Waals surface area contributed by atoms with E-state index in [1.807, 2.05) is 35.8 Å². The Morgan fingerprint density at radius 3 is 2.79 bits per heavy atom. The number of imidazole rings is 2. The van der Waals surface area contributed by atoms with Gasteiger partial charge in [0.2, 0.25) is 17.7 Å². The van der Waals surface area contributed by atoms with Gasteiger partial charge in [0.05, 0.1) is 11.0 Å². The molecule has 1 amide bonds. The molecule has 10 heteroatoms. The maximum absolute atomic E-state index is 12.5. The van der Waals surface area contributed by atoms with Crippen molar-refractivity contribution in [1.29, 1.82) is 0 Å². The lowest BCUT2D eigenvalue weighted by Gasteiger charge is -2.10. The molecule has 1 N–H and O–H groups in total. The third-order valence-corrected chi connectivity index (χ3v) is 4.51. The number of nitro groups is 1. The highest BCUT2D eigenvalue weighted by Crippen LogP contribution is 2.20. The Bertz CT molecular complexity index is 1010. The van der Waals surface area contributed by atoms with Gasteiger partial charge in [0.25, 0.3) is 0 Å². The predicted molar refractivity (Wildman–Crippen MR) is 108 cm³/mol. The normalized spacial score (nSPS) is 11.1. The minimum atomic E-state index is -0.547. The van der Waals surface area contributed by atoms with Gasteiger partial charge < -0.3 is 24.0 Å². The van der Waals surface area contributed by atoms with Gasteiger partial charge in [-0.3, -0.25) is 10.1 Å². The minimum Gasteiger partial charge on any atom is -0.382 e. The summed E-state index contributed by atoms with van der Waals surface area (Å²) < 4.78 is 8.98. The molecule has 2 heterocycles. The molecule has 0 aliphatic heterocycles. The average Bonchev–Trinajstić information content (AvgIpc) is 3.24. The fourth-order valence-corrected chi connectivity index (χ4v) is 3.08. The number of rotatable bonds is 10. The molecule has 2 aromatic heterocycles. The average molecular weight is 400 g/mol. The molecule has 0 aliphatic carbocycles. The smallest absolute Gasteiger partial charge is 0.381 e. The van der Waals surface area contributed by atoms with Gasteiger partial charge in [-0.1, -0.05) is 12.1 Å². The number of amides is 1. The van der Waals surface area contributed by atoms with E-state index in [2.05, 4.69) is 15.3 Å². The highest BCUT2D eigenvalue weighted by Gasteiger charge is 2.17. The van der Waals surface area contributed by atoms with Crippen molar-refractivity contribution < 1.29 is 14.5 Å². The Labute approximate surface area is 167 Å². The van der Waals surface area contributed by atoms with Gasteiger partial charge in [-0.25, -0.2) is 4.98 Å². The topological polar surface area (TPSA) is 117 Å². The van der Waals surface area contributed by atoms with E-state index < -0.39 is 4.92 Å². The summed E-state index contributed by atoms with van der Waals surface area (Å²) >= 11 is 0. The Kier molecular flexibility index (Phi) is 6.55. The molecule has 0 unspecified atom stereocenters. The minimum absolute atomic E-state index is 0.149. The van der Waals surface area contributed by atoms with E-state index in [1.54, 1.807) is 11.5 Å². The number of hydrogen-bond donors (Lipinski definition) is 1. The van der Waals surface area contributed by atoms with Crippen LogP contribution in [0.25, 0.3) is 11.0 Å².